The molecule has 1 aliphatic heterocycles. The van der Waals surface area contributed by atoms with E-state index in [2.05, 4.69) is 30.8 Å². The minimum atomic E-state index is -4.51. The molecule has 0 saturated carbocycles. The summed E-state index contributed by atoms with van der Waals surface area (Å²) in [5, 5.41) is 6.84. The predicted octanol–water partition coefficient (Wildman–Crippen LogP) is 4.48. The van der Waals surface area contributed by atoms with Gasteiger partial charge >= 0.3 is 6.18 Å². The molecule has 1 fully saturated rings. The van der Waals surface area contributed by atoms with Crippen molar-refractivity contribution in [3.05, 3.63) is 65.5 Å². The van der Waals surface area contributed by atoms with Crippen LogP contribution in [0.25, 0.3) is 0 Å². The van der Waals surface area contributed by atoms with Gasteiger partial charge in [0.05, 0.1) is 25.0 Å². The molecule has 4 rings (SSSR count). The van der Waals surface area contributed by atoms with E-state index in [-0.39, 0.29) is 35.7 Å². The number of halogens is 5. The van der Waals surface area contributed by atoms with Crippen LogP contribution in [0, 0.1) is 5.82 Å². The van der Waals surface area contributed by atoms with Crippen LogP contribution in [0.2, 0.25) is 0 Å². The second-order valence-electron chi connectivity index (χ2n) is 6.97. The van der Waals surface area contributed by atoms with Crippen LogP contribution in [0.5, 0.6) is 0 Å². The highest BCUT2D eigenvalue weighted by Gasteiger charge is 2.32. The van der Waals surface area contributed by atoms with E-state index in [0.29, 0.717) is 37.9 Å². The van der Waals surface area contributed by atoms with Gasteiger partial charge in [0.1, 0.15) is 5.82 Å². The van der Waals surface area contributed by atoms with Gasteiger partial charge in [-0.25, -0.2) is 9.82 Å². The highest BCUT2D eigenvalue weighted by molar-refractivity contribution is 5.85. The van der Waals surface area contributed by atoms with Gasteiger partial charge in [0, 0.05) is 24.3 Å². The Labute approximate surface area is 198 Å². The molecule has 1 aromatic heterocycles. The summed E-state index contributed by atoms with van der Waals surface area (Å²) in [6.07, 6.45) is -3.46. The average Bonchev–Trinajstić information content (AvgIpc) is 2.81. The Balaban J connectivity index is 0.00000324. The lowest BCUT2D eigenvalue weighted by atomic mass is 10.1. The lowest BCUT2D eigenvalue weighted by Crippen LogP contribution is -2.37. The van der Waals surface area contributed by atoms with E-state index in [0.717, 1.165) is 12.3 Å². The molecular weight excluding hydrogens is 478 g/mol. The van der Waals surface area contributed by atoms with E-state index < -0.39 is 11.7 Å². The fraction of sp³-hybridized carbons (Fsp3) is 0.238. The second-order valence-corrected chi connectivity index (χ2v) is 6.97. The zero-order valence-corrected chi connectivity index (χ0v) is 18.4. The standard InChI is InChI=1S/C21H19F4N7O.ClH/c22-15-5-7-16(8-6-15)27-18-28-19(30-20(29-18)32-9-11-33-12-10-32)31-26-13-14-3-1-2-4-17(14)21(23,24)25;/h1-8,13H,9-12H2,(H2,27,28,29,30,31);1H. The quantitative estimate of drug-likeness (QED) is 0.295. The van der Waals surface area contributed by atoms with Crippen LogP contribution >= 0.6 is 12.4 Å². The van der Waals surface area contributed by atoms with Crippen molar-refractivity contribution in [1.29, 1.82) is 0 Å². The fourth-order valence-corrected chi connectivity index (χ4v) is 3.07. The maximum atomic E-state index is 13.2. The van der Waals surface area contributed by atoms with Gasteiger partial charge in [-0.05, 0) is 30.3 Å². The van der Waals surface area contributed by atoms with Crippen molar-refractivity contribution in [2.45, 2.75) is 6.18 Å². The number of ether oxygens (including phenoxy) is 1. The lowest BCUT2D eigenvalue weighted by Gasteiger charge is -2.27. The van der Waals surface area contributed by atoms with E-state index in [1.807, 2.05) is 4.90 Å². The van der Waals surface area contributed by atoms with Crippen LogP contribution in [0.1, 0.15) is 11.1 Å². The monoisotopic (exact) mass is 497 g/mol. The summed E-state index contributed by atoms with van der Waals surface area (Å²) in [7, 11) is 0. The van der Waals surface area contributed by atoms with Crippen LogP contribution in [0.3, 0.4) is 0 Å². The Bertz CT molecular complexity index is 1120. The summed E-state index contributed by atoms with van der Waals surface area (Å²) in [4.78, 5) is 14.8. The Morgan fingerprint density at radius 2 is 1.62 bits per heavy atom. The molecule has 34 heavy (non-hydrogen) atoms. The van der Waals surface area contributed by atoms with Crippen LogP contribution in [0.4, 0.5) is 41.1 Å². The Kier molecular flexibility index (Phi) is 8.18. The maximum Gasteiger partial charge on any atom is 0.417 e. The molecule has 2 N–H and O–H groups in total. The normalized spacial score (nSPS) is 14.1. The Morgan fingerprint density at radius 1 is 0.941 bits per heavy atom. The SMILES string of the molecule is Cl.Fc1ccc(Nc2nc(NN=Cc3ccccc3C(F)(F)F)nc(N3CCOCC3)n2)cc1. The summed E-state index contributed by atoms with van der Waals surface area (Å²) in [5.74, 6) is 0.135. The first-order valence-electron chi connectivity index (χ1n) is 9.95. The van der Waals surface area contributed by atoms with Gasteiger partial charge in [0.25, 0.3) is 0 Å². The minimum Gasteiger partial charge on any atom is -0.378 e. The van der Waals surface area contributed by atoms with Crippen LogP contribution in [-0.4, -0.2) is 47.5 Å². The number of alkyl halides is 3. The third kappa shape index (κ3) is 6.51. The van der Waals surface area contributed by atoms with Gasteiger partial charge in [-0.1, -0.05) is 18.2 Å². The summed E-state index contributed by atoms with van der Waals surface area (Å²) in [6.45, 7) is 2.12. The van der Waals surface area contributed by atoms with Crippen LogP contribution in [0.15, 0.2) is 53.6 Å². The van der Waals surface area contributed by atoms with E-state index in [9.17, 15) is 17.6 Å². The number of benzene rings is 2. The zero-order valence-electron chi connectivity index (χ0n) is 17.6. The van der Waals surface area contributed by atoms with Crippen molar-refractivity contribution in [2.24, 2.45) is 5.10 Å². The summed E-state index contributed by atoms with van der Waals surface area (Å²) in [6, 6.07) is 10.7. The molecule has 0 atom stereocenters. The second kappa shape index (κ2) is 11.1. The fourth-order valence-electron chi connectivity index (χ4n) is 3.07. The molecule has 1 aliphatic rings. The number of rotatable bonds is 6. The van der Waals surface area contributed by atoms with Crippen molar-refractivity contribution in [3.63, 3.8) is 0 Å². The number of anilines is 4. The van der Waals surface area contributed by atoms with Crippen molar-refractivity contribution in [3.8, 4) is 0 Å². The predicted molar refractivity (Wildman–Crippen MR) is 122 cm³/mol. The number of morpholine rings is 1. The lowest BCUT2D eigenvalue weighted by molar-refractivity contribution is -0.137. The summed E-state index contributed by atoms with van der Waals surface area (Å²) >= 11 is 0. The molecule has 3 aromatic rings. The van der Waals surface area contributed by atoms with E-state index in [1.165, 1.54) is 42.5 Å². The van der Waals surface area contributed by atoms with Gasteiger partial charge in [-0.15, -0.1) is 12.4 Å². The molecule has 2 heterocycles. The van der Waals surface area contributed by atoms with Gasteiger partial charge in [-0.3, -0.25) is 0 Å². The first-order valence-corrected chi connectivity index (χ1v) is 9.95. The number of hydrogen-bond acceptors (Lipinski definition) is 8. The Morgan fingerprint density at radius 3 is 2.32 bits per heavy atom. The molecule has 8 nitrogen and oxygen atoms in total. The smallest absolute Gasteiger partial charge is 0.378 e. The molecule has 13 heteroatoms. The van der Waals surface area contributed by atoms with Gasteiger partial charge in [0.15, 0.2) is 0 Å². The largest absolute Gasteiger partial charge is 0.417 e. The first kappa shape index (κ1) is 25.1. The number of hydrazone groups is 1. The first-order chi connectivity index (χ1) is 15.9. The van der Waals surface area contributed by atoms with E-state index in [1.54, 1.807) is 0 Å². The van der Waals surface area contributed by atoms with E-state index >= 15 is 0 Å². The van der Waals surface area contributed by atoms with Gasteiger partial charge in [-0.2, -0.15) is 33.2 Å². The number of nitrogens with one attached hydrogen (secondary N) is 2. The summed E-state index contributed by atoms with van der Waals surface area (Å²) < 4.78 is 58.1. The molecule has 1 saturated heterocycles. The summed E-state index contributed by atoms with van der Waals surface area (Å²) in [5.41, 5.74) is 2.20. The molecule has 0 bridgehead atoms. The van der Waals surface area contributed by atoms with Crippen molar-refractivity contribution in [2.75, 3.05) is 41.9 Å². The molecule has 180 valence electrons. The molecule has 0 amide bonds. The molecule has 0 unspecified atom stereocenters. The Hall–Kier alpha value is -3.51. The molecule has 0 spiro atoms. The third-order valence-electron chi connectivity index (χ3n) is 4.65. The number of nitrogens with zero attached hydrogens (tertiary/aromatic N) is 5. The highest BCUT2D eigenvalue weighted by Crippen LogP contribution is 2.31. The van der Waals surface area contributed by atoms with Crippen LogP contribution in [-0.2, 0) is 10.9 Å². The van der Waals surface area contributed by atoms with Crippen molar-refractivity contribution < 1.29 is 22.3 Å². The minimum absolute atomic E-state index is 0. The van der Waals surface area contributed by atoms with Crippen molar-refractivity contribution >= 4 is 42.2 Å². The number of aromatic nitrogens is 3. The topological polar surface area (TPSA) is 87.6 Å². The van der Waals surface area contributed by atoms with Crippen molar-refractivity contribution in [1.82, 2.24) is 15.0 Å². The third-order valence-corrected chi connectivity index (χ3v) is 4.65. The van der Waals surface area contributed by atoms with Gasteiger partial charge < -0.3 is 15.0 Å². The molecular formula is C21H20ClF4N7O. The number of hydrogen-bond donors (Lipinski definition) is 2. The molecule has 2 aromatic carbocycles. The molecule has 0 aliphatic carbocycles. The zero-order chi connectivity index (χ0) is 23.3. The van der Waals surface area contributed by atoms with E-state index in [4.69, 9.17) is 4.74 Å². The molecule has 0 radical (unpaired) electrons. The van der Waals surface area contributed by atoms with Gasteiger partial charge in [0.2, 0.25) is 17.8 Å². The van der Waals surface area contributed by atoms with Crippen LogP contribution < -0.4 is 15.6 Å². The highest BCUT2D eigenvalue weighted by atomic mass is 35.5. The maximum absolute atomic E-state index is 13.2. The average molecular weight is 498 g/mol.